The molecule has 1 aliphatic carbocycles. The van der Waals surface area contributed by atoms with E-state index in [-0.39, 0.29) is 30.3 Å². The molecular weight excluding hydrogens is 437 g/mol. The Kier molecular flexibility index (Phi) is 5.34. The molecule has 0 atom stereocenters. The van der Waals surface area contributed by atoms with Gasteiger partial charge in [-0.1, -0.05) is 32.0 Å². The van der Waals surface area contributed by atoms with Crippen LogP contribution in [0.3, 0.4) is 0 Å². The molecule has 2 heterocycles. The monoisotopic (exact) mass is 465 g/mol. The van der Waals surface area contributed by atoms with Crippen LogP contribution in [0.1, 0.15) is 51.3 Å². The highest BCUT2D eigenvalue weighted by Crippen LogP contribution is 2.51. The number of nitrogens with zero attached hydrogens (tertiary/aromatic N) is 2. The number of halogens is 1. The average molecular weight is 466 g/mol. The molecule has 1 saturated carbocycles. The second kappa shape index (κ2) is 8.11. The highest BCUT2D eigenvalue weighted by molar-refractivity contribution is 6.02. The zero-order valence-electron chi connectivity index (χ0n) is 19.6. The van der Waals surface area contributed by atoms with Crippen molar-refractivity contribution in [1.82, 2.24) is 4.57 Å². The van der Waals surface area contributed by atoms with Crippen LogP contribution < -0.4 is 14.8 Å². The average Bonchev–Trinajstić information content (AvgIpc) is 3.34. The number of ether oxygens (including phenoxy) is 2. The van der Waals surface area contributed by atoms with Crippen molar-refractivity contribution in [1.29, 1.82) is 0 Å². The van der Waals surface area contributed by atoms with E-state index in [0.29, 0.717) is 37.3 Å². The van der Waals surface area contributed by atoms with Gasteiger partial charge in [-0.2, -0.15) is 4.91 Å². The Bertz CT molecular complexity index is 1290. The summed E-state index contributed by atoms with van der Waals surface area (Å²) in [4.78, 5) is 23.8. The maximum absolute atomic E-state index is 15.2. The van der Waals surface area contributed by atoms with E-state index < -0.39 is 11.2 Å². The van der Waals surface area contributed by atoms with E-state index >= 15 is 4.39 Å². The smallest absolute Gasteiger partial charge is 0.235 e. The van der Waals surface area contributed by atoms with E-state index in [1.54, 1.807) is 6.07 Å². The quantitative estimate of drug-likeness (QED) is 0.362. The summed E-state index contributed by atoms with van der Waals surface area (Å²) < 4.78 is 28.1. The molecular formula is C26H28FN3O4. The molecule has 1 fully saturated rings. The number of amides is 1. The van der Waals surface area contributed by atoms with Crippen LogP contribution in [0, 0.1) is 10.7 Å². The number of benzene rings is 2. The van der Waals surface area contributed by atoms with E-state index in [0.717, 1.165) is 22.2 Å². The molecule has 1 amide bonds. The van der Waals surface area contributed by atoms with Crippen LogP contribution in [-0.2, 0) is 22.2 Å². The van der Waals surface area contributed by atoms with E-state index in [1.165, 1.54) is 6.07 Å². The minimum absolute atomic E-state index is 0.164. The molecule has 5 rings (SSSR count). The van der Waals surface area contributed by atoms with Crippen molar-refractivity contribution in [2.24, 2.45) is 5.18 Å². The van der Waals surface area contributed by atoms with Crippen molar-refractivity contribution >= 4 is 22.5 Å². The Labute approximate surface area is 197 Å². The number of nitroso groups, excluding NO2 is 1. The van der Waals surface area contributed by atoms with Crippen LogP contribution in [-0.4, -0.2) is 23.8 Å². The Balaban J connectivity index is 1.45. The molecule has 0 radical (unpaired) electrons. The number of nitrogens with one attached hydrogen (secondary N) is 1. The van der Waals surface area contributed by atoms with Crippen LogP contribution in [0.15, 0.2) is 41.6 Å². The van der Waals surface area contributed by atoms with Gasteiger partial charge in [0.1, 0.15) is 5.82 Å². The minimum Gasteiger partial charge on any atom is -0.454 e. The molecule has 8 heteroatoms. The first kappa shape index (κ1) is 22.4. The second-order valence-electron chi connectivity index (χ2n) is 10.1. The minimum atomic E-state index is -0.688. The Hall–Kier alpha value is -3.42. The van der Waals surface area contributed by atoms with Crippen LogP contribution >= 0.6 is 0 Å². The Morgan fingerprint density at radius 3 is 2.62 bits per heavy atom. The van der Waals surface area contributed by atoms with Crippen LogP contribution in [0.4, 0.5) is 10.1 Å². The molecule has 1 N–H and O–H groups in total. The van der Waals surface area contributed by atoms with E-state index in [2.05, 4.69) is 31.3 Å². The third-order valence-corrected chi connectivity index (χ3v) is 6.75. The van der Waals surface area contributed by atoms with Crippen LogP contribution in [0.5, 0.6) is 11.5 Å². The second-order valence-corrected chi connectivity index (χ2v) is 10.1. The number of aryl methyl sites for hydroxylation is 1. The number of rotatable bonds is 7. The SMILES string of the molecule is CC(C)(C)c1cc2cc(NC(=O)C3(c4ccc5c(c4)OCO5)CC3)c(F)cc2n1CCCN=O. The van der Waals surface area contributed by atoms with Crippen LogP contribution in [0.25, 0.3) is 10.9 Å². The van der Waals surface area contributed by atoms with Gasteiger partial charge < -0.3 is 19.4 Å². The summed E-state index contributed by atoms with van der Waals surface area (Å²) in [5, 5.41) is 6.63. The number of hydrogen-bond donors (Lipinski definition) is 1. The summed E-state index contributed by atoms with van der Waals surface area (Å²) in [6, 6.07) is 10.7. The van der Waals surface area contributed by atoms with Gasteiger partial charge in [-0.25, -0.2) is 4.39 Å². The van der Waals surface area contributed by atoms with Crippen molar-refractivity contribution in [2.75, 3.05) is 18.7 Å². The van der Waals surface area contributed by atoms with Crippen molar-refractivity contribution in [2.45, 2.75) is 57.4 Å². The van der Waals surface area contributed by atoms with Crippen molar-refractivity contribution < 1.29 is 18.7 Å². The van der Waals surface area contributed by atoms with Crippen LogP contribution in [0.2, 0.25) is 0 Å². The lowest BCUT2D eigenvalue weighted by atomic mass is 9.92. The Morgan fingerprint density at radius 2 is 1.91 bits per heavy atom. The maximum atomic E-state index is 15.2. The van der Waals surface area contributed by atoms with Gasteiger partial charge in [0.05, 0.1) is 23.2 Å². The standard InChI is InChI=1S/C26H28FN3O4/c1-25(2,3)23-12-16-11-19(18(27)14-20(16)30(23)10-4-9-28-32)29-24(31)26(7-8-26)17-5-6-21-22(13-17)34-15-33-21/h5-6,11-14H,4,7-10,15H2,1-3H3,(H,29,31). The van der Waals surface area contributed by atoms with Crippen molar-refractivity contribution in [3.8, 4) is 11.5 Å². The molecule has 2 aromatic carbocycles. The molecule has 178 valence electrons. The molecule has 1 aromatic heterocycles. The summed E-state index contributed by atoms with van der Waals surface area (Å²) in [5.41, 5.74) is 1.92. The third kappa shape index (κ3) is 3.81. The van der Waals surface area contributed by atoms with E-state index in [4.69, 9.17) is 9.47 Å². The summed E-state index contributed by atoms with van der Waals surface area (Å²) in [6.07, 6.45) is 1.96. The molecule has 1 aliphatic heterocycles. The van der Waals surface area contributed by atoms with Gasteiger partial charge in [0.2, 0.25) is 12.7 Å². The lowest BCUT2D eigenvalue weighted by Gasteiger charge is -2.22. The molecule has 7 nitrogen and oxygen atoms in total. The summed E-state index contributed by atoms with van der Waals surface area (Å²) in [5.74, 6) is 0.581. The lowest BCUT2D eigenvalue weighted by Crippen LogP contribution is -2.28. The third-order valence-electron chi connectivity index (χ3n) is 6.75. The largest absolute Gasteiger partial charge is 0.454 e. The molecule has 0 spiro atoms. The number of aromatic nitrogens is 1. The number of fused-ring (bicyclic) bond motifs is 2. The topological polar surface area (TPSA) is 81.9 Å². The fourth-order valence-corrected chi connectivity index (χ4v) is 4.74. The fraction of sp³-hybridized carbons (Fsp3) is 0.423. The zero-order chi connectivity index (χ0) is 24.1. The molecule has 34 heavy (non-hydrogen) atoms. The highest BCUT2D eigenvalue weighted by atomic mass is 19.1. The normalized spacial score (nSPS) is 16.0. The number of carbonyl (C=O) groups excluding carboxylic acids is 1. The first-order chi connectivity index (χ1) is 16.2. The van der Waals surface area contributed by atoms with Gasteiger partial charge in [-0.05, 0) is 49.1 Å². The first-order valence-corrected chi connectivity index (χ1v) is 11.6. The summed E-state index contributed by atoms with van der Waals surface area (Å²) in [7, 11) is 0. The zero-order valence-corrected chi connectivity index (χ0v) is 19.6. The molecule has 2 aliphatic rings. The molecule has 3 aromatic rings. The van der Waals surface area contributed by atoms with Gasteiger partial charge in [-0.15, -0.1) is 0 Å². The van der Waals surface area contributed by atoms with Gasteiger partial charge >= 0.3 is 0 Å². The predicted molar refractivity (Wildman–Crippen MR) is 128 cm³/mol. The molecule has 0 saturated heterocycles. The van der Waals surface area contributed by atoms with Crippen molar-refractivity contribution in [3.63, 3.8) is 0 Å². The molecule has 0 bridgehead atoms. The van der Waals surface area contributed by atoms with Crippen molar-refractivity contribution in [3.05, 3.63) is 58.4 Å². The Morgan fingerprint density at radius 1 is 1.15 bits per heavy atom. The van der Waals surface area contributed by atoms with E-state index in [9.17, 15) is 9.70 Å². The first-order valence-electron chi connectivity index (χ1n) is 11.6. The van der Waals surface area contributed by atoms with Gasteiger partial charge in [0.25, 0.3) is 0 Å². The summed E-state index contributed by atoms with van der Waals surface area (Å²) >= 11 is 0. The lowest BCUT2D eigenvalue weighted by molar-refractivity contribution is -0.118. The predicted octanol–water partition coefficient (Wildman–Crippen LogP) is 5.63. The highest BCUT2D eigenvalue weighted by Gasteiger charge is 2.52. The number of carbonyl (C=O) groups is 1. The maximum Gasteiger partial charge on any atom is 0.235 e. The molecule has 0 unspecified atom stereocenters. The number of hydrogen-bond acceptors (Lipinski definition) is 5. The fourth-order valence-electron chi connectivity index (χ4n) is 4.74. The number of anilines is 1. The van der Waals surface area contributed by atoms with Gasteiger partial charge in [0.15, 0.2) is 11.5 Å². The van der Waals surface area contributed by atoms with Gasteiger partial charge in [-0.3, -0.25) is 4.79 Å². The van der Waals surface area contributed by atoms with Gasteiger partial charge in [0, 0.05) is 29.1 Å². The summed E-state index contributed by atoms with van der Waals surface area (Å²) in [6.45, 7) is 7.23. The van der Waals surface area contributed by atoms with E-state index in [1.807, 2.05) is 28.8 Å².